The Bertz CT molecular complexity index is 405. The molecule has 0 heterocycles. The first kappa shape index (κ1) is 17.6. The first-order valence-corrected chi connectivity index (χ1v) is 5.58. The second-order valence-electron chi connectivity index (χ2n) is 3.53. The third-order valence-corrected chi connectivity index (χ3v) is 2.16. The Hall–Kier alpha value is -1.37. The van der Waals surface area contributed by atoms with Gasteiger partial charge >= 0.3 is 0 Å². The minimum Gasteiger partial charge on any atom is -0.489 e. The van der Waals surface area contributed by atoms with Gasteiger partial charge in [0, 0.05) is 25.8 Å². The zero-order valence-corrected chi connectivity index (χ0v) is 11.5. The van der Waals surface area contributed by atoms with Gasteiger partial charge in [-0.05, 0) is 18.2 Å². The quantitative estimate of drug-likeness (QED) is 0.734. The molecule has 0 fully saturated rings. The van der Waals surface area contributed by atoms with Crippen molar-refractivity contribution >= 4 is 18.3 Å². The Balaban J connectivity index is 0.00000324. The molecule has 0 aliphatic rings. The molecule has 5 nitrogen and oxygen atoms in total. The summed E-state index contributed by atoms with van der Waals surface area (Å²) in [5.74, 6) is -0.840. The van der Waals surface area contributed by atoms with E-state index in [0.29, 0.717) is 19.7 Å². The number of methoxy groups -OCH3 is 1. The van der Waals surface area contributed by atoms with Gasteiger partial charge in [-0.1, -0.05) is 0 Å². The van der Waals surface area contributed by atoms with Crippen molar-refractivity contribution in [2.75, 3.05) is 33.4 Å². The van der Waals surface area contributed by atoms with Crippen molar-refractivity contribution in [3.63, 3.8) is 0 Å². The van der Waals surface area contributed by atoms with Crippen LogP contribution >= 0.6 is 12.4 Å². The number of halogens is 2. The lowest BCUT2D eigenvalue weighted by molar-refractivity contribution is 0.0936. The smallest absolute Gasteiger partial charge is 0.251 e. The second kappa shape index (κ2) is 9.55. The maximum atomic E-state index is 13.6. The molecule has 1 aromatic carbocycles. The van der Waals surface area contributed by atoms with Crippen LogP contribution in [-0.4, -0.2) is 39.3 Å². The molecule has 1 rings (SSSR count). The third kappa shape index (κ3) is 5.87. The van der Waals surface area contributed by atoms with Gasteiger partial charge < -0.3 is 20.5 Å². The number of nitrogens with one attached hydrogen (secondary N) is 1. The van der Waals surface area contributed by atoms with Crippen LogP contribution in [-0.2, 0) is 4.74 Å². The molecule has 0 atom stereocenters. The first-order valence-electron chi connectivity index (χ1n) is 5.58. The fourth-order valence-electron chi connectivity index (χ4n) is 1.30. The molecule has 0 aliphatic heterocycles. The minimum atomic E-state index is -0.581. The van der Waals surface area contributed by atoms with E-state index in [1.165, 1.54) is 19.2 Å². The van der Waals surface area contributed by atoms with Crippen molar-refractivity contribution in [3.8, 4) is 5.75 Å². The van der Waals surface area contributed by atoms with E-state index in [2.05, 4.69) is 5.32 Å². The van der Waals surface area contributed by atoms with Gasteiger partial charge in [0.1, 0.15) is 6.61 Å². The lowest BCUT2D eigenvalue weighted by atomic mass is 10.2. The zero-order chi connectivity index (χ0) is 13.4. The van der Waals surface area contributed by atoms with Gasteiger partial charge in [0.15, 0.2) is 11.6 Å². The minimum absolute atomic E-state index is 0. The number of carbonyl (C=O) groups is 1. The van der Waals surface area contributed by atoms with E-state index < -0.39 is 5.82 Å². The van der Waals surface area contributed by atoms with Gasteiger partial charge in [0.2, 0.25) is 0 Å². The lowest BCUT2D eigenvalue weighted by Gasteiger charge is -2.08. The summed E-state index contributed by atoms with van der Waals surface area (Å²) >= 11 is 0. The molecule has 19 heavy (non-hydrogen) atoms. The summed E-state index contributed by atoms with van der Waals surface area (Å²) in [6.45, 7) is 1.32. The summed E-state index contributed by atoms with van der Waals surface area (Å²) < 4.78 is 23.4. The number of benzene rings is 1. The largest absolute Gasteiger partial charge is 0.489 e. The number of rotatable bonds is 7. The molecule has 0 aliphatic carbocycles. The van der Waals surface area contributed by atoms with Crippen LogP contribution in [0.2, 0.25) is 0 Å². The Morgan fingerprint density at radius 1 is 1.42 bits per heavy atom. The molecule has 0 bridgehead atoms. The van der Waals surface area contributed by atoms with E-state index in [1.807, 2.05) is 0 Å². The second-order valence-corrected chi connectivity index (χ2v) is 3.53. The summed E-state index contributed by atoms with van der Waals surface area (Å²) in [4.78, 5) is 11.6. The van der Waals surface area contributed by atoms with Gasteiger partial charge in [0.05, 0.1) is 6.61 Å². The van der Waals surface area contributed by atoms with Crippen molar-refractivity contribution in [2.45, 2.75) is 0 Å². The van der Waals surface area contributed by atoms with Gasteiger partial charge in [-0.3, -0.25) is 4.79 Å². The van der Waals surface area contributed by atoms with Crippen LogP contribution in [0.3, 0.4) is 0 Å². The Morgan fingerprint density at radius 2 is 2.16 bits per heavy atom. The van der Waals surface area contributed by atoms with Gasteiger partial charge in [-0.2, -0.15) is 0 Å². The van der Waals surface area contributed by atoms with Gasteiger partial charge in [-0.25, -0.2) is 4.39 Å². The molecule has 0 unspecified atom stereocenters. The average molecular weight is 293 g/mol. The molecule has 0 aromatic heterocycles. The third-order valence-electron chi connectivity index (χ3n) is 2.16. The van der Waals surface area contributed by atoms with Crippen molar-refractivity contribution in [1.82, 2.24) is 5.32 Å². The highest BCUT2D eigenvalue weighted by Gasteiger charge is 2.09. The van der Waals surface area contributed by atoms with E-state index in [9.17, 15) is 9.18 Å². The number of carbonyl (C=O) groups excluding carboxylic acids is 1. The SMILES string of the molecule is COCCNC(=O)c1ccc(OCCN)c(F)c1.Cl. The summed E-state index contributed by atoms with van der Waals surface area (Å²) in [7, 11) is 1.54. The van der Waals surface area contributed by atoms with Gasteiger partial charge in [-0.15, -0.1) is 12.4 Å². The maximum absolute atomic E-state index is 13.6. The van der Waals surface area contributed by atoms with Crippen LogP contribution in [0.1, 0.15) is 10.4 Å². The fourth-order valence-corrected chi connectivity index (χ4v) is 1.30. The van der Waals surface area contributed by atoms with Crippen LogP contribution in [0.25, 0.3) is 0 Å². The van der Waals surface area contributed by atoms with E-state index in [1.54, 1.807) is 0 Å². The average Bonchev–Trinajstić information content (AvgIpc) is 2.37. The monoisotopic (exact) mass is 292 g/mol. The Labute approximate surface area is 117 Å². The van der Waals surface area contributed by atoms with E-state index >= 15 is 0 Å². The zero-order valence-electron chi connectivity index (χ0n) is 10.6. The molecule has 3 N–H and O–H groups in total. The summed E-state index contributed by atoms with van der Waals surface area (Å²) in [6.07, 6.45) is 0. The highest BCUT2D eigenvalue weighted by atomic mass is 35.5. The maximum Gasteiger partial charge on any atom is 0.251 e. The van der Waals surface area contributed by atoms with Crippen molar-refractivity contribution in [3.05, 3.63) is 29.6 Å². The highest BCUT2D eigenvalue weighted by molar-refractivity contribution is 5.94. The van der Waals surface area contributed by atoms with Crippen molar-refractivity contribution in [2.24, 2.45) is 5.73 Å². The predicted octanol–water partition coefficient (Wildman–Crippen LogP) is 0.961. The summed E-state index contributed by atoms with van der Waals surface area (Å²) in [6, 6.07) is 4.04. The van der Waals surface area contributed by atoms with Crippen LogP contribution in [0.4, 0.5) is 4.39 Å². The highest BCUT2D eigenvalue weighted by Crippen LogP contribution is 2.18. The van der Waals surface area contributed by atoms with Crippen LogP contribution in [0.5, 0.6) is 5.75 Å². The molecular weight excluding hydrogens is 275 g/mol. The Kier molecular flexibility index (Phi) is 8.86. The van der Waals surface area contributed by atoms with Crippen LogP contribution in [0, 0.1) is 5.82 Å². The molecule has 1 amide bonds. The van der Waals surface area contributed by atoms with Crippen LogP contribution in [0.15, 0.2) is 18.2 Å². The molecule has 108 valence electrons. The summed E-state index contributed by atoms with van der Waals surface area (Å²) in [5, 5.41) is 2.60. The molecule has 0 radical (unpaired) electrons. The molecular formula is C12H18ClFN2O3. The summed E-state index contributed by atoms with van der Waals surface area (Å²) in [5.41, 5.74) is 5.49. The van der Waals surface area contributed by atoms with Crippen LogP contribution < -0.4 is 15.8 Å². The van der Waals surface area contributed by atoms with E-state index in [-0.39, 0.29) is 36.2 Å². The normalized spacial score (nSPS) is 9.63. The number of amides is 1. The van der Waals surface area contributed by atoms with E-state index in [0.717, 1.165) is 6.07 Å². The molecule has 7 heteroatoms. The Morgan fingerprint density at radius 3 is 2.74 bits per heavy atom. The molecule has 0 saturated heterocycles. The number of ether oxygens (including phenoxy) is 2. The molecule has 0 saturated carbocycles. The number of nitrogens with two attached hydrogens (primary N) is 1. The lowest BCUT2D eigenvalue weighted by Crippen LogP contribution is -2.27. The first-order chi connectivity index (χ1) is 8.69. The number of hydrogen-bond acceptors (Lipinski definition) is 4. The molecule has 1 aromatic rings. The van der Waals surface area contributed by atoms with Crippen molar-refractivity contribution < 1.29 is 18.7 Å². The van der Waals surface area contributed by atoms with Gasteiger partial charge in [0.25, 0.3) is 5.91 Å². The molecule has 0 spiro atoms. The van der Waals surface area contributed by atoms with Crippen molar-refractivity contribution in [1.29, 1.82) is 0 Å². The standard InChI is InChI=1S/C12H17FN2O3.ClH/c1-17-7-5-15-12(16)9-2-3-11(10(13)8-9)18-6-4-14;/h2-3,8H,4-7,14H2,1H3,(H,15,16);1H. The predicted molar refractivity (Wildman–Crippen MR) is 72.4 cm³/mol. The topological polar surface area (TPSA) is 73.6 Å². The van der Waals surface area contributed by atoms with E-state index in [4.69, 9.17) is 15.2 Å². The number of hydrogen-bond donors (Lipinski definition) is 2. The fraction of sp³-hybridized carbons (Fsp3) is 0.417.